The lowest BCUT2D eigenvalue weighted by Crippen LogP contribution is -2.37. The van der Waals surface area contributed by atoms with Gasteiger partial charge in [-0.05, 0) is 36.8 Å². The molecule has 0 aliphatic carbocycles. The molecule has 172 valence electrons. The lowest BCUT2D eigenvalue weighted by Gasteiger charge is -2.25. The van der Waals surface area contributed by atoms with Crippen LogP contribution in [0.2, 0.25) is 0 Å². The Morgan fingerprint density at radius 2 is 1.94 bits per heavy atom. The average Bonchev–Trinajstić information content (AvgIpc) is 3.33. The van der Waals surface area contributed by atoms with Crippen molar-refractivity contribution in [3.63, 3.8) is 0 Å². The van der Waals surface area contributed by atoms with Crippen molar-refractivity contribution in [1.29, 1.82) is 0 Å². The van der Waals surface area contributed by atoms with E-state index in [0.29, 0.717) is 23.0 Å². The fourth-order valence-corrected chi connectivity index (χ4v) is 5.43. The van der Waals surface area contributed by atoms with Crippen molar-refractivity contribution < 1.29 is 21.6 Å². The standard InChI is InChI=1S/C21H18F3N5O3S/c22-21(23,24)14-4-3-5-16(10-14)33(31,32)28-9-7-17-18(13-28)26-29(20(17)30)12-15-11-27-8-2-1-6-19(27)25-15/h1-6,8,10-11,26H,7,9,12-13H2. The number of nitrogens with one attached hydrogen (secondary N) is 1. The summed E-state index contributed by atoms with van der Waals surface area (Å²) in [6, 6.07) is 9.20. The summed E-state index contributed by atoms with van der Waals surface area (Å²) in [4.78, 5) is 16.8. The number of nitrogens with zero attached hydrogens (tertiary/aromatic N) is 4. The van der Waals surface area contributed by atoms with Crippen LogP contribution in [0.5, 0.6) is 0 Å². The lowest BCUT2D eigenvalue weighted by molar-refractivity contribution is -0.137. The second-order valence-electron chi connectivity index (χ2n) is 7.77. The van der Waals surface area contributed by atoms with Gasteiger partial charge in [0.05, 0.1) is 34.9 Å². The van der Waals surface area contributed by atoms with Gasteiger partial charge in [0.2, 0.25) is 10.0 Å². The van der Waals surface area contributed by atoms with E-state index in [4.69, 9.17) is 0 Å². The van der Waals surface area contributed by atoms with Gasteiger partial charge < -0.3 is 4.40 Å². The molecular weight excluding hydrogens is 459 g/mol. The summed E-state index contributed by atoms with van der Waals surface area (Å²) in [5, 5.41) is 2.95. The summed E-state index contributed by atoms with van der Waals surface area (Å²) in [5.41, 5.74) is 0.969. The third-order valence-electron chi connectivity index (χ3n) is 5.62. The van der Waals surface area contributed by atoms with E-state index < -0.39 is 26.7 Å². The van der Waals surface area contributed by atoms with Crippen LogP contribution in [0.3, 0.4) is 0 Å². The summed E-state index contributed by atoms with van der Waals surface area (Å²) < 4.78 is 69.4. The predicted molar refractivity (Wildman–Crippen MR) is 112 cm³/mol. The predicted octanol–water partition coefficient (Wildman–Crippen LogP) is 2.64. The molecule has 0 amide bonds. The molecule has 8 nitrogen and oxygen atoms in total. The number of benzene rings is 1. The quantitative estimate of drug-likeness (QED) is 0.489. The number of halogens is 3. The van der Waals surface area contributed by atoms with Gasteiger partial charge in [-0.2, -0.15) is 17.5 Å². The highest BCUT2D eigenvalue weighted by Crippen LogP contribution is 2.32. The van der Waals surface area contributed by atoms with Crippen LogP contribution in [0.25, 0.3) is 5.65 Å². The molecule has 1 aliphatic heterocycles. The van der Waals surface area contributed by atoms with Gasteiger partial charge in [-0.25, -0.2) is 18.1 Å². The zero-order valence-electron chi connectivity index (χ0n) is 17.1. The van der Waals surface area contributed by atoms with Crippen LogP contribution in [0, 0.1) is 0 Å². The summed E-state index contributed by atoms with van der Waals surface area (Å²) in [7, 11) is -4.18. The minimum absolute atomic E-state index is 0.00691. The maximum absolute atomic E-state index is 13.0. The van der Waals surface area contributed by atoms with Crippen LogP contribution in [-0.4, -0.2) is 38.4 Å². The Morgan fingerprint density at radius 1 is 1.12 bits per heavy atom. The minimum atomic E-state index is -4.65. The average molecular weight is 477 g/mol. The van der Waals surface area contributed by atoms with E-state index in [2.05, 4.69) is 10.1 Å². The van der Waals surface area contributed by atoms with Crippen molar-refractivity contribution in [1.82, 2.24) is 23.5 Å². The van der Waals surface area contributed by atoms with Crippen LogP contribution < -0.4 is 5.56 Å². The second-order valence-corrected chi connectivity index (χ2v) is 9.71. The number of imidazole rings is 1. The number of hydrogen-bond acceptors (Lipinski definition) is 4. The molecule has 1 aromatic carbocycles. The van der Waals surface area contributed by atoms with E-state index in [0.717, 1.165) is 28.2 Å². The number of aromatic nitrogens is 4. The number of aromatic amines is 1. The van der Waals surface area contributed by atoms with E-state index >= 15 is 0 Å². The number of pyridine rings is 1. The Hall–Kier alpha value is -3.38. The number of rotatable bonds is 4. The summed E-state index contributed by atoms with van der Waals surface area (Å²) in [5.74, 6) is 0. The molecular formula is C21H18F3N5O3S. The van der Waals surface area contributed by atoms with Crippen molar-refractivity contribution >= 4 is 15.7 Å². The largest absolute Gasteiger partial charge is 0.416 e. The molecule has 0 bridgehead atoms. The Kier molecular flexibility index (Phi) is 4.94. The third-order valence-corrected chi connectivity index (χ3v) is 7.46. The molecule has 1 aliphatic rings. The molecule has 0 spiro atoms. The Bertz CT molecular complexity index is 1480. The number of hydrogen-bond donors (Lipinski definition) is 1. The third kappa shape index (κ3) is 3.85. The molecule has 0 unspecified atom stereocenters. The zero-order valence-corrected chi connectivity index (χ0v) is 17.9. The van der Waals surface area contributed by atoms with Crippen molar-refractivity contribution in [2.24, 2.45) is 0 Å². The first kappa shape index (κ1) is 21.5. The van der Waals surface area contributed by atoms with Gasteiger partial charge in [-0.1, -0.05) is 12.1 Å². The van der Waals surface area contributed by atoms with Crippen molar-refractivity contribution in [3.8, 4) is 0 Å². The maximum atomic E-state index is 13.0. The van der Waals surface area contributed by atoms with E-state index in [9.17, 15) is 26.4 Å². The summed E-state index contributed by atoms with van der Waals surface area (Å²) in [6.07, 6.45) is -0.862. The number of H-pyrrole nitrogens is 1. The van der Waals surface area contributed by atoms with Gasteiger partial charge in [0.15, 0.2) is 0 Å². The fourth-order valence-electron chi connectivity index (χ4n) is 3.98. The van der Waals surface area contributed by atoms with Gasteiger partial charge >= 0.3 is 6.18 Å². The Labute approximate surface area is 185 Å². The summed E-state index contributed by atoms with van der Waals surface area (Å²) >= 11 is 0. The van der Waals surface area contributed by atoms with Gasteiger partial charge in [-0.15, -0.1) is 0 Å². The molecule has 4 heterocycles. The van der Waals surface area contributed by atoms with E-state index in [-0.39, 0.29) is 31.6 Å². The van der Waals surface area contributed by atoms with Gasteiger partial charge in [0.25, 0.3) is 5.56 Å². The van der Waals surface area contributed by atoms with E-state index in [1.807, 2.05) is 28.8 Å². The molecule has 4 aromatic rings. The van der Waals surface area contributed by atoms with Crippen LogP contribution >= 0.6 is 0 Å². The molecule has 3 aromatic heterocycles. The fraction of sp³-hybridized carbons (Fsp3) is 0.238. The van der Waals surface area contributed by atoms with Crippen molar-refractivity contribution in [2.75, 3.05) is 6.54 Å². The maximum Gasteiger partial charge on any atom is 0.416 e. The second kappa shape index (κ2) is 7.59. The van der Waals surface area contributed by atoms with E-state index in [1.54, 1.807) is 6.20 Å². The van der Waals surface area contributed by atoms with Gasteiger partial charge in [-0.3, -0.25) is 9.89 Å². The highest BCUT2D eigenvalue weighted by Gasteiger charge is 2.35. The smallest absolute Gasteiger partial charge is 0.307 e. The molecule has 0 saturated heterocycles. The molecule has 5 rings (SSSR count). The highest BCUT2D eigenvalue weighted by atomic mass is 32.2. The van der Waals surface area contributed by atoms with Crippen LogP contribution in [-0.2, 0) is 35.7 Å². The van der Waals surface area contributed by atoms with Crippen LogP contribution in [0.15, 0.2) is 64.5 Å². The molecule has 0 atom stereocenters. The minimum Gasteiger partial charge on any atom is -0.307 e. The monoisotopic (exact) mass is 477 g/mol. The van der Waals surface area contributed by atoms with Crippen molar-refractivity contribution in [3.05, 3.63) is 87.7 Å². The first-order valence-electron chi connectivity index (χ1n) is 10.0. The number of fused-ring (bicyclic) bond motifs is 2. The first-order chi connectivity index (χ1) is 15.6. The van der Waals surface area contributed by atoms with Crippen LogP contribution in [0.1, 0.15) is 22.5 Å². The first-order valence-corrected chi connectivity index (χ1v) is 11.5. The SMILES string of the molecule is O=c1c2c([nH]n1Cc1cn3ccccc3n1)CN(S(=O)(=O)c1cccc(C(F)(F)F)c1)CC2. The van der Waals surface area contributed by atoms with Gasteiger partial charge in [0.1, 0.15) is 5.65 Å². The van der Waals surface area contributed by atoms with Crippen LogP contribution in [0.4, 0.5) is 13.2 Å². The number of alkyl halides is 3. The number of sulfonamides is 1. The topological polar surface area (TPSA) is 92.5 Å². The van der Waals surface area contributed by atoms with E-state index in [1.165, 1.54) is 4.68 Å². The zero-order chi connectivity index (χ0) is 23.4. The normalized spacial score (nSPS) is 15.1. The molecule has 0 saturated carbocycles. The molecule has 1 N–H and O–H groups in total. The highest BCUT2D eigenvalue weighted by molar-refractivity contribution is 7.89. The molecule has 0 radical (unpaired) electrons. The Morgan fingerprint density at radius 3 is 2.70 bits per heavy atom. The van der Waals surface area contributed by atoms with Crippen molar-refractivity contribution in [2.45, 2.75) is 30.6 Å². The Balaban J connectivity index is 1.41. The lowest BCUT2D eigenvalue weighted by atomic mass is 10.1. The van der Waals surface area contributed by atoms with Gasteiger partial charge in [0, 0.05) is 24.5 Å². The molecule has 33 heavy (non-hydrogen) atoms. The molecule has 0 fully saturated rings. The summed E-state index contributed by atoms with van der Waals surface area (Å²) in [6.45, 7) is 0.0300. The molecule has 12 heteroatoms.